The van der Waals surface area contributed by atoms with E-state index in [1.54, 1.807) is 21.3 Å². The van der Waals surface area contributed by atoms with Crippen molar-refractivity contribution in [2.24, 2.45) is 0 Å². The SMILES string of the molecule is C=CCC1Cc2c(c3ccc(OC)cc3c3cc(OC)c(OC)cc23)CN1C(=O)OC(C)(C)C.CC. The first kappa shape index (κ1) is 27.2. The standard InChI is InChI=1S/C28H33NO5.C2H6/c1-8-9-17-12-20-22-14-25(32-6)26(33-7)15-23(22)21-13-18(31-5)10-11-19(21)24(20)16-29(17)27(30)34-28(2,3)4;1-2/h8,10-11,13-15,17H,1,9,12,16H2,2-7H3;1-2H3. The van der Waals surface area contributed by atoms with Crippen molar-refractivity contribution in [2.75, 3.05) is 21.3 Å². The van der Waals surface area contributed by atoms with Gasteiger partial charge in [-0.05, 0) is 90.6 Å². The molecule has 6 heteroatoms. The maximum atomic E-state index is 13.2. The van der Waals surface area contributed by atoms with Gasteiger partial charge in [-0.25, -0.2) is 4.79 Å². The van der Waals surface area contributed by atoms with Crippen LogP contribution in [0.2, 0.25) is 0 Å². The second kappa shape index (κ2) is 11.1. The molecule has 0 fully saturated rings. The number of ether oxygens (including phenoxy) is 4. The molecule has 0 aromatic heterocycles. The van der Waals surface area contributed by atoms with Gasteiger partial charge in [-0.3, -0.25) is 0 Å². The number of benzene rings is 3. The van der Waals surface area contributed by atoms with Crippen LogP contribution in [0.5, 0.6) is 17.2 Å². The van der Waals surface area contributed by atoms with Crippen LogP contribution in [0.25, 0.3) is 21.5 Å². The zero-order valence-electron chi connectivity index (χ0n) is 22.9. The summed E-state index contributed by atoms with van der Waals surface area (Å²) in [5.41, 5.74) is 1.75. The highest BCUT2D eigenvalue weighted by Gasteiger charge is 2.34. The van der Waals surface area contributed by atoms with E-state index in [4.69, 9.17) is 18.9 Å². The van der Waals surface area contributed by atoms with E-state index in [0.29, 0.717) is 30.9 Å². The lowest BCUT2D eigenvalue weighted by molar-refractivity contribution is 0.0124. The summed E-state index contributed by atoms with van der Waals surface area (Å²) in [6.45, 7) is 14.1. The molecule has 1 aliphatic rings. The minimum Gasteiger partial charge on any atom is -0.497 e. The second-order valence-corrected chi connectivity index (χ2v) is 9.61. The van der Waals surface area contributed by atoms with Gasteiger partial charge in [0.05, 0.1) is 27.9 Å². The smallest absolute Gasteiger partial charge is 0.410 e. The first-order valence-electron chi connectivity index (χ1n) is 12.5. The molecule has 0 radical (unpaired) electrons. The van der Waals surface area contributed by atoms with E-state index in [1.165, 1.54) is 5.56 Å². The van der Waals surface area contributed by atoms with E-state index >= 15 is 0 Å². The Morgan fingerprint density at radius 2 is 1.56 bits per heavy atom. The fourth-order valence-corrected chi connectivity index (χ4v) is 4.81. The summed E-state index contributed by atoms with van der Waals surface area (Å²) in [5, 5.41) is 4.28. The lowest BCUT2D eigenvalue weighted by atomic mass is 9.84. The number of carbonyl (C=O) groups excluding carboxylic acids is 1. The third-order valence-corrected chi connectivity index (χ3v) is 6.33. The largest absolute Gasteiger partial charge is 0.497 e. The highest BCUT2D eigenvalue weighted by Crippen LogP contribution is 2.43. The van der Waals surface area contributed by atoms with Gasteiger partial charge in [-0.2, -0.15) is 0 Å². The number of methoxy groups -OCH3 is 3. The molecule has 0 N–H and O–H groups in total. The molecule has 1 heterocycles. The number of hydrogen-bond acceptors (Lipinski definition) is 5. The van der Waals surface area contributed by atoms with Gasteiger partial charge in [0.1, 0.15) is 11.4 Å². The van der Waals surface area contributed by atoms with E-state index in [0.717, 1.165) is 32.9 Å². The van der Waals surface area contributed by atoms with Gasteiger partial charge in [-0.15, -0.1) is 6.58 Å². The molecule has 194 valence electrons. The predicted octanol–water partition coefficient (Wildman–Crippen LogP) is 7.28. The van der Waals surface area contributed by atoms with E-state index in [1.807, 2.05) is 69.9 Å². The summed E-state index contributed by atoms with van der Waals surface area (Å²) >= 11 is 0. The summed E-state index contributed by atoms with van der Waals surface area (Å²) < 4.78 is 22.5. The van der Waals surface area contributed by atoms with Gasteiger partial charge in [0, 0.05) is 6.04 Å². The molecule has 1 amide bonds. The van der Waals surface area contributed by atoms with Crippen LogP contribution < -0.4 is 14.2 Å². The first-order chi connectivity index (χ1) is 17.2. The monoisotopic (exact) mass is 493 g/mol. The third kappa shape index (κ3) is 5.23. The predicted molar refractivity (Wildman–Crippen MR) is 147 cm³/mol. The molecule has 1 aliphatic heterocycles. The van der Waals surface area contributed by atoms with Crippen molar-refractivity contribution in [3.63, 3.8) is 0 Å². The molecule has 6 nitrogen and oxygen atoms in total. The topological polar surface area (TPSA) is 57.2 Å². The highest BCUT2D eigenvalue weighted by molar-refractivity contribution is 6.12. The van der Waals surface area contributed by atoms with Crippen molar-refractivity contribution >= 4 is 27.6 Å². The molecular formula is C30H39NO5. The summed E-state index contributed by atoms with van der Waals surface area (Å²) in [5.74, 6) is 2.12. The zero-order chi connectivity index (χ0) is 26.6. The van der Waals surface area contributed by atoms with Crippen molar-refractivity contribution in [2.45, 2.75) is 65.6 Å². The molecule has 1 unspecified atom stereocenters. The summed E-state index contributed by atoms with van der Waals surface area (Å²) in [6.07, 6.45) is 2.92. The molecule has 1 atom stereocenters. The van der Waals surface area contributed by atoms with E-state index in [9.17, 15) is 4.79 Å². The number of carbonyl (C=O) groups is 1. The molecular weight excluding hydrogens is 454 g/mol. The van der Waals surface area contributed by atoms with Crippen molar-refractivity contribution in [1.82, 2.24) is 4.90 Å². The van der Waals surface area contributed by atoms with Crippen LogP contribution in [-0.2, 0) is 17.7 Å². The lowest BCUT2D eigenvalue weighted by Crippen LogP contribution is -2.46. The number of amides is 1. The van der Waals surface area contributed by atoms with E-state index < -0.39 is 5.60 Å². The maximum absolute atomic E-state index is 13.2. The number of hydrogen-bond donors (Lipinski definition) is 0. The Labute approximate surface area is 214 Å². The fraction of sp³-hybridized carbons (Fsp3) is 0.433. The average Bonchev–Trinajstić information content (AvgIpc) is 2.87. The van der Waals surface area contributed by atoms with Crippen LogP contribution in [0.3, 0.4) is 0 Å². The molecule has 0 spiro atoms. The zero-order valence-corrected chi connectivity index (χ0v) is 22.9. The Morgan fingerprint density at radius 3 is 2.11 bits per heavy atom. The van der Waals surface area contributed by atoms with Crippen LogP contribution in [0, 0.1) is 0 Å². The maximum Gasteiger partial charge on any atom is 0.410 e. The van der Waals surface area contributed by atoms with Crippen LogP contribution >= 0.6 is 0 Å². The van der Waals surface area contributed by atoms with Gasteiger partial charge in [0.2, 0.25) is 0 Å². The quantitative estimate of drug-likeness (QED) is 0.276. The molecule has 0 bridgehead atoms. The molecule has 3 aromatic carbocycles. The Morgan fingerprint density at radius 1 is 0.944 bits per heavy atom. The number of fused-ring (bicyclic) bond motifs is 6. The van der Waals surface area contributed by atoms with Crippen LogP contribution in [0.4, 0.5) is 4.79 Å². The van der Waals surface area contributed by atoms with Crippen LogP contribution in [0.1, 0.15) is 52.2 Å². The van der Waals surface area contributed by atoms with Crippen molar-refractivity contribution in [3.05, 3.63) is 54.1 Å². The number of nitrogens with zero attached hydrogens (tertiary/aromatic N) is 1. The highest BCUT2D eigenvalue weighted by atomic mass is 16.6. The minimum absolute atomic E-state index is 0.0492. The Bertz CT molecular complexity index is 1260. The van der Waals surface area contributed by atoms with Crippen LogP contribution in [0.15, 0.2) is 43.0 Å². The van der Waals surface area contributed by atoms with Gasteiger partial charge in [0.15, 0.2) is 11.5 Å². The molecule has 36 heavy (non-hydrogen) atoms. The van der Waals surface area contributed by atoms with E-state index in [-0.39, 0.29) is 12.1 Å². The summed E-state index contributed by atoms with van der Waals surface area (Å²) in [7, 11) is 4.95. The van der Waals surface area contributed by atoms with Crippen molar-refractivity contribution in [1.29, 1.82) is 0 Å². The Kier molecular flexibility index (Phi) is 8.39. The summed E-state index contributed by atoms with van der Waals surface area (Å²) in [4.78, 5) is 15.0. The van der Waals surface area contributed by atoms with Gasteiger partial charge >= 0.3 is 6.09 Å². The van der Waals surface area contributed by atoms with Gasteiger partial charge < -0.3 is 23.8 Å². The molecule has 4 rings (SSSR count). The lowest BCUT2D eigenvalue weighted by Gasteiger charge is -2.38. The number of rotatable bonds is 5. The summed E-state index contributed by atoms with van der Waals surface area (Å²) in [6, 6.07) is 10.1. The third-order valence-electron chi connectivity index (χ3n) is 6.33. The molecule has 0 aliphatic carbocycles. The van der Waals surface area contributed by atoms with Crippen LogP contribution in [-0.4, -0.2) is 44.0 Å². The van der Waals surface area contributed by atoms with Gasteiger partial charge in [-0.1, -0.05) is 26.0 Å². The minimum atomic E-state index is -0.571. The van der Waals surface area contributed by atoms with Crippen molar-refractivity contribution in [3.8, 4) is 17.2 Å². The average molecular weight is 494 g/mol. The van der Waals surface area contributed by atoms with Crippen molar-refractivity contribution < 1.29 is 23.7 Å². The first-order valence-corrected chi connectivity index (χ1v) is 12.5. The van der Waals surface area contributed by atoms with Gasteiger partial charge in [0.25, 0.3) is 0 Å². The Hall–Kier alpha value is -3.41. The molecule has 0 saturated carbocycles. The normalized spacial score (nSPS) is 15.0. The molecule has 3 aromatic rings. The second-order valence-electron chi connectivity index (χ2n) is 9.61. The molecule has 0 saturated heterocycles. The van der Waals surface area contributed by atoms with E-state index in [2.05, 4.69) is 12.6 Å². The Balaban J connectivity index is 0.00000176. The fourth-order valence-electron chi connectivity index (χ4n) is 4.81.